The van der Waals surface area contributed by atoms with Gasteiger partial charge in [0.1, 0.15) is 5.82 Å². The van der Waals surface area contributed by atoms with Crippen LogP contribution >= 0.6 is 0 Å². The second-order valence-electron chi connectivity index (χ2n) is 7.09. The molecule has 5 rings (SSSR count). The fraction of sp³-hybridized carbons (Fsp3) is 0.300. The van der Waals surface area contributed by atoms with Crippen molar-refractivity contribution < 1.29 is 0 Å². The summed E-state index contributed by atoms with van der Waals surface area (Å²) in [5.41, 5.74) is 1.78. The molecule has 0 unspecified atom stereocenters. The zero-order valence-corrected chi connectivity index (χ0v) is 16.1. The van der Waals surface area contributed by atoms with E-state index < -0.39 is 0 Å². The number of aryl methyl sites for hydroxylation is 1. The Morgan fingerprint density at radius 3 is 2.52 bits per heavy atom. The molecule has 0 aliphatic carbocycles. The zero-order chi connectivity index (χ0) is 19.6. The predicted molar refractivity (Wildman–Crippen MR) is 110 cm³/mol. The topological polar surface area (TPSA) is 97.5 Å². The maximum atomic E-state index is 4.91. The molecule has 0 saturated carbocycles. The molecule has 1 aliphatic heterocycles. The number of nitrogens with one attached hydrogen (secondary N) is 1. The van der Waals surface area contributed by atoms with Crippen LogP contribution in [0.25, 0.3) is 22.4 Å². The van der Waals surface area contributed by atoms with Crippen LogP contribution in [-0.4, -0.2) is 53.8 Å². The third kappa shape index (κ3) is 3.46. The molecular weight excluding hydrogens is 366 g/mol. The highest BCUT2D eigenvalue weighted by Gasteiger charge is 2.24. The highest BCUT2D eigenvalue weighted by atomic mass is 15.3. The molecule has 0 radical (unpaired) electrons. The summed E-state index contributed by atoms with van der Waals surface area (Å²) < 4.78 is 1.80. The van der Waals surface area contributed by atoms with E-state index in [1.807, 2.05) is 31.4 Å². The number of rotatable bonds is 4. The molecule has 0 amide bonds. The van der Waals surface area contributed by atoms with Crippen molar-refractivity contribution in [1.29, 1.82) is 0 Å². The maximum absolute atomic E-state index is 4.91. The number of pyridine rings is 1. The van der Waals surface area contributed by atoms with Crippen LogP contribution < -0.4 is 10.2 Å². The van der Waals surface area contributed by atoms with Crippen LogP contribution in [0.2, 0.25) is 0 Å². The molecule has 0 spiro atoms. The van der Waals surface area contributed by atoms with Crippen molar-refractivity contribution in [3.63, 3.8) is 0 Å². The van der Waals surface area contributed by atoms with Crippen LogP contribution in [0, 0.1) is 0 Å². The van der Waals surface area contributed by atoms with Crippen LogP contribution in [0.3, 0.4) is 0 Å². The van der Waals surface area contributed by atoms with E-state index in [0.717, 1.165) is 48.3 Å². The van der Waals surface area contributed by atoms with Gasteiger partial charge in [0.05, 0.1) is 11.6 Å². The van der Waals surface area contributed by atoms with Gasteiger partial charge in [0, 0.05) is 56.5 Å². The van der Waals surface area contributed by atoms with Gasteiger partial charge in [0.2, 0.25) is 5.95 Å². The first kappa shape index (κ1) is 17.5. The van der Waals surface area contributed by atoms with Crippen LogP contribution in [0.5, 0.6) is 0 Å². The molecule has 9 nitrogen and oxygen atoms in total. The zero-order valence-electron chi connectivity index (χ0n) is 16.1. The fourth-order valence-electron chi connectivity index (χ4n) is 3.67. The second kappa shape index (κ2) is 7.42. The van der Waals surface area contributed by atoms with Gasteiger partial charge in [-0.15, -0.1) is 0 Å². The second-order valence-corrected chi connectivity index (χ2v) is 7.09. The molecule has 0 aromatic carbocycles. The normalized spacial score (nSPS) is 15.0. The first-order chi connectivity index (χ1) is 14.3. The minimum absolute atomic E-state index is 0.347. The van der Waals surface area contributed by atoms with Gasteiger partial charge in [-0.2, -0.15) is 5.10 Å². The number of aromatic nitrogens is 7. The molecule has 1 N–H and O–H groups in total. The predicted octanol–water partition coefficient (Wildman–Crippen LogP) is 2.30. The molecule has 4 aromatic heterocycles. The molecule has 5 heterocycles. The molecular formula is C20H21N9. The molecule has 29 heavy (non-hydrogen) atoms. The summed E-state index contributed by atoms with van der Waals surface area (Å²) >= 11 is 0. The largest absolute Gasteiger partial charge is 0.356 e. The van der Waals surface area contributed by atoms with Crippen molar-refractivity contribution in [1.82, 2.24) is 34.7 Å². The molecule has 1 aliphatic rings. The smallest absolute Gasteiger partial charge is 0.222 e. The molecule has 146 valence electrons. The van der Waals surface area contributed by atoms with Crippen LogP contribution in [0.4, 0.5) is 11.8 Å². The van der Waals surface area contributed by atoms with E-state index in [9.17, 15) is 0 Å². The summed E-state index contributed by atoms with van der Waals surface area (Å²) in [5, 5.41) is 8.80. The first-order valence-corrected chi connectivity index (χ1v) is 9.66. The van der Waals surface area contributed by atoms with Gasteiger partial charge in [-0.25, -0.2) is 19.9 Å². The van der Waals surface area contributed by atoms with Crippen LogP contribution in [-0.2, 0) is 7.05 Å². The van der Waals surface area contributed by atoms with Crippen molar-refractivity contribution in [2.45, 2.75) is 18.9 Å². The van der Waals surface area contributed by atoms with Crippen molar-refractivity contribution in [3.8, 4) is 11.4 Å². The number of hydrogen-bond donors (Lipinski definition) is 1. The van der Waals surface area contributed by atoms with Crippen molar-refractivity contribution in [3.05, 3.63) is 49.2 Å². The summed E-state index contributed by atoms with van der Waals surface area (Å²) in [6.07, 6.45) is 10.8. The van der Waals surface area contributed by atoms with E-state index in [0.29, 0.717) is 17.8 Å². The molecule has 9 heteroatoms. The number of fused-ring (bicyclic) bond motifs is 1. The van der Waals surface area contributed by atoms with E-state index in [4.69, 9.17) is 9.97 Å². The fourth-order valence-corrected chi connectivity index (χ4v) is 3.67. The van der Waals surface area contributed by atoms with E-state index in [1.54, 1.807) is 29.5 Å². The number of nitrogens with zero attached hydrogens (tertiary/aromatic N) is 8. The lowest BCUT2D eigenvalue weighted by atomic mass is 10.0. The van der Waals surface area contributed by atoms with Crippen LogP contribution in [0.15, 0.2) is 49.2 Å². The highest BCUT2D eigenvalue weighted by Crippen LogP contribution is 2.29. The summed E-state index contributed by atoms with van der Waals surface area (Å²) in [7, 11) is 1.91. The van der Waals surface area contributed by atoms with Crippen molar-refractivity contribution in [2.75, 3.05) is 23.3 Å². The Kier molecular flexibility index (Phi) is 4.47. The standard InChI is InChI=1S/C20H21N9/c1-28-18-16(13-24-28)19(27-17(26-18)14-3-9-21-10-4-14)29-11-5-15(6-12-29)25-20-22-7-2-8-23-20/h2-4,7-10,13,15H,5-6,11-12H2,1H3,(H,22,23,25). The Labute approximate surface area is 167 Å². The van der Waals surface area contributed by atoms with Gasteiger partial charge in [0.15, 0.2) is 11.5 Å². The van der Waals surface area contributed by atoms with Gasteiger partial charge in [-0.3, -0.25) is 9.67 Å². The average molecular weight is 387 g/mol. The van der Waals surface area contributed by atoms with Gasteiger partial charge in [-0.1, -0.05) is 0 Å². The Bertz CT molecular complexity index is 1100. The van der Waals surface area contributed by atoms with Crippen molar-refractivity contribution in [2.24, 2.45) is 7.05 Å². The summed E-state index contributed by atoms with van der Waals surface area (Å²) in [6.45, 7) is 1.78. The number of anilines is 2. The van der Waals surface area contributed by atoms with Gasteiger partial charge in [-0.05, 0) is 31.0 Å². The van der Waals surface area contributed by atoms with E-state index in [1.165, 1.54) is 0 Å². The Balaban J connectivity index is 1.42. The lowest BCUT2D eigenvalue weighted by Crippen LogP contribution is -2.40. The average Bonchev–Trinajstić information content (AvgIpc) is 3.16. The Morgan fingerprint density at radius 1 is 1.00 bits per heavy atom. The lowest BCUT2D eigenvalue weighted by molar-refractivity contribution is 0.522. The van der Waals surface area contributed by atoms with Gasteiger partial charge >= 0.3 is 0 Å². The molecule has 1 saturated heterocycles. The summed E-state index contributed by atoms with van der Waals surface area (Å²) in [4.78, 5) is 24.6. The number of hydrogen-bond acceptors (Lipinski definition) is 8. The SMILES string of the molecule is Cn1ncc2c(N3CCC(Nc4ncccn4)CC3)nc(-c3ccncc3)nc21. The third-order valence-electron chi connectivity index (χ3n) is 5.20. The number of piperidine rings is 1. The first-order valence-electron chi connectivity index (χ1n) is 9.66. The highest BCUT2D eigenvalue weighted by molar-refractivity contribution is 5.88. The monoisotopic (exact) mass is 387 g/mol. The minimum atomic E-state index is 0.347. The van der Waals surface area contributed by atoms with E-state index in [2.05, 4.69) is 30.3 Å². The van der Waals surface area contributed by atoms with Gasteiger partial charge < -0.3 is 10.2 Å². The molecule has 1 fully saturated rings. The van der Waals surface area contributed by atoms with Crippen molar-refractivity contribution >= 4 is 22.8 Å². The Morgan fingerprint density at radius 2 is 1.76 bits per heavy atom. The maximum Gasteiger partial charge on any atom is 0.222 e. The quantitative estimate of drug-likeness (QED) is 0.570. The molecule has 4 aromatic rings. The van der Waals surface area contributed by atoms with E-state index >= 15 is 0 Å². The minimum Gasteiger partial charge on any atom is -0.356 e. The third-order valence-corrected chi connectivity index (χ3v) is 5.20. The summed E-state index contributed by atoms with van der Waals surface area (Å²) in [6, 6.07) is 6.02. The van der Waals surface area contributed by atoms with Gasteiger partial charge in [0.25, 0.3) is 0 Å². The lowest BCUT2D eigenvalue weighted by Gasteiger charge is -2.33. The van der Waals surface area contributed by atoms with Crippen LogP contribution in [0.1, 0.15) is 12.8 Å². The molecule has 0 atom stereocenters. The Hall–Kier alpha value is -3.62. The molecule has 0 bridgehead atoms. The van der Waals surface area contributed by atoms with E-state index in [-0.39, 0.29) is 0 Å². The summed E-state index contributed by atoms with van der Waals surface area (Å²) in [5.74, 6) is 2.31.